The van der Waals surface area contributed by atoms with Gasteiger partial charge in [0.25, 0.3) is 0 Å². The number of benzene rings is 1. The van der Waals surface area contributed by atoms with Crippen molar-refractivity contribution in [1.82, 2.24) is 5.32 Å². The second-order valence-corrected chi connectivity index (χ2v) is 4.42. The highest BCUT2D eigenvalue weighted by molar-refractivity contribution is 5.15. The van der Waals surface area contributed by atoms with Crippen molar-refractivity contribution in [3.05, 3.63) is 35.9 Å². The van der Waals surface area contributed by atoms with Crippen LogP contribution < -0.4 is 5.32 Å². The number of likely N-dealkylation sites (N-methyl/N-ethyl adjacent to an activating group) is 1. The summed E-state index contributed by atoms with van der Waals surface area (Å²) in [5, 5.41) is 3.42. The molecule has 1 rings (SSSR count). The van der Waals surface area contributed by atoms with Crippen LogP contribution in [0.15, 0.2) is 30.3 Å². The lowest BCUT2D eigenvalue weighted by Gasteiger charge is -2.19. The maximum Gasteiger partial charge on any atom is 0.0107 e. The molecule has 1 heteroatoms. The molecule has 84 valence electrons. The van der Waals surface area contributed by atoms with Crippen LogP contribution in [0.25, 0.3) is 0 Å². The van der Waals surface area contributed by atoms with E-state index in [1.165, 1.54) is 18.4 Å². The van der Waals surface area contributed by atoms with Crippen LogP contribution >= 0.6 is 0 Å². The quantitative estimate of drug-likeness (QED) is 0.751. The second-order valence-electron chi connectivity index (χ2n) is 4.42. The van der Waals surface area contributed by atoms with Crippen molar-refractivity contribution in [3.8, 4) is 0 Å². The van der Waals surface area contributed by atoms with Crippen LogP contribution in [0.4, 0.5) is 0 Å². The van der Waals surface area contributed by atoms with E-state index >= 15 is 0 Å². The van der Waals surface area contributed by atoms with Crippen molar-refractivity contribution < 1.29 is 0 Å². The van der Waals surface area contributed by atoms with Gasteiger partial charge in [-0.05, 0) is 31.4 Å². The Labute approximate surface area is 93.9 Å². The summed E-state index contributed by atoms with van der Waals surface area (Å²) in [6.45, 7) is 4.59. The molecule has 0 fully saturated rings. The third-order valence-corrected chi connectivity index (χ3v) is 3.12. The molecule has 0 bridgehead atoms. The molecule has 0 saturated heterocycles. The highest BCUT2D eigenvalue weighted by Crippen LogP contribution is 2.13. The van der Waals surface area contributed by atoms with Crippen LogP contribution in [-0.4, -0.2) is 13.1 Å². The van der Waals surface area contributed by atoms with Gasteiger partial charge in [-0.2, -0.15) is 0 Å². The zero-order chi connectivity index (χ0) is 11.1. The molecular weight excluding hydrogens is 182 g/mol. The van der Waals surface area contributed by atoms with Gasteiger partial charge in [-0.3, -0.25) is 0 Å². The van der Waals surface area contributed by atoms with Crippen molar-refractivity contribution in [1.29, 1.82) is 0 Å². The lowest BCUT2D eigenvalue weighted by Crippen LogP contribution is -2.29. The molecule has 1 aromatic carbocycles. The zero-order valence-electron chi connectivity index (χ0n) is 10.2. The highest BCUT2D eigenvalue weighted by Gasteiger charge is 2.10. The van der Waals surface area contributed by atoms with Crippen molar-refractivity contribution in [2.75, 3.05) is 7.05 Å². The van der Waals surface area contributed by atoms with Crippen LogP contribution in [0, 0.1) is 5.92 Å². The van der Waals surface area contributed by atoms with E-state index in [0.29, 0.717) is 6.04 Å². The topological polar surface area (TPSA) is 12.0 Å². The monoisotopic (exact) mass is 205 g/mol. The fourth-order valence-corrected chi connectivity index (χ4v) is 1.85. The van der Waals surface area contributed by atoms with E-state index < -0.39 is 0 Å². The van der Waals surface area contributed by atoms with Gasteiger partial charge >= 0.3 is 0 Å². The molecule has 2 atom stereocenters. The first-order valence-corrected chi connectivity index (χ1v) is 5.97. The standard InChI is InChI=1S/C14H23N/c1-4-12(2)10-14(15-3)11-13-8-6-5-7-9-13/h5-9,12,14-15H,4,10-11H2,1-3H3. The Morgan fingerprint density at radius 3 is 2.40 bits per heavy atom. The van der Waals surface area contributed by atoms with Crippen LogP contribution in [0.2, 0.25) is 0 Å². The Morgan fingerprint density at radius 1 is 1.20 bits per heavy atom. The van der Waals surface area contributed by atoms with Crippen molar-refractivity contribution >= 4 is 0 Å². The molecule has 0 aliphatic rings. The SMILES string of the molecule is CCC(C)CC(Cc1ccccc1)NC. The normalized spacial score (nSPS) is 14.9. The van der Waals surface area contributed by atoms with Gasteiger partial charge in [-0.15, -0.1) is 0 Å². The summed E-state index contributed by atoms with van der Waals surface area (Å²) in [6.07, 6.45) is 3.68. The number of rotatable bonds is 6. The van der Waals surface area contributed by atoms with Crippen molar-refractivity contribution in [2.45, 2.75) is 39.2 Å². The summed E-state index contributed by atoms with van der Waals surface area (Å²) in [6, 6.07) is 11.3. The van der Waals surface area contributed by atoms with Gasteiger partial charge in [0.1, 0.15) is 0 Å². The third kappa shape index (κ3) is 4.48. The summed E-state index contributed by atoms with van der Waals surface area (Å²) in [5.74, 6) is 0.811. The average Bonchev–Trinajstić information content (AvgIpc) is 2.29. The summed E-state index contributed by atoms with van der Waals surface area (Å²) in [7, 11) is 2.07. The van der Waals surface area contributed by atoms with E-state index in [1.807, 2.05) is 0 Å². The van der Waals surface area contributed by atoms with Gasteiger partial charge in [0, 0.05) is 6.04 Å². The predicted molar refractivity (Wildman–Crippen MR) is 67.1 cm³/mol. The highest BCUT2D eigenvalue weighted by atomic mass is 14.9. The summed E-state index contributed by atoms with van der Waals surface area (Å²) in [4.78, 5) is 0. The molecule has 0 spiro atoms. The van der Waals surface area contributed by atoms with E-state index in [2.05, 4.69) is 56.5 Å². The molecule has 1 N–H and O–H groups in total. The molecule has 0 amide bonds. The molecule has 0 heterocycles. The molecule has 1 nitrogen and oxygen atoms in total. The predicted octanol–water partition coefficient (Wildman–Crippen LogP) is 3.25. The minimum absolute atomic E-state index is 0.613. The van der Waals surface area contributed by atoms with Gasteiger partial charge in [-0.25, -0.2) is 0 Å². The van der Waals surface area contributed by atoms with Crippen LogP contribution in [0.5, 0.6) is 0 Å². The van der Waals surface area contributed by atoms with Gasteiger partial charge in [0.05, 0.1) is 0 Å². The molecule has 0 saturated carbocycles. The Kier molecular flexibility index (Phi) is 5.41. The maximum atomic E-state index is 3.42. The van der Waals surface area contributed by atoms with E-state index in [0.717, 1.165) is 12.3 Å². The maximum absolute atomic E-state index is 3.42. The van der Waals surface area contributed by atoms with Crippen LogP contribution in [-0.2, 0) is 6.42 Å². The molecule has 0 aromatic heterocycles. The fraction of sp³-hybridized carbons (Fsp3) is 0.571. The molecule has 0 aliphatic carbocycles. The molecular formula is C14H23N. The van der Waals surface area contributed by atoms with E-state index in [1.54, 1.807) is 0 Å². The lowest BCUT2D eigenvalue weighted by molar-refractivity contribution is 0.410. The first-order chi connectivity index (χ1) is 7.26. The van der Waals surface area contributed by atoms with Gasteiger partial charge in [-0.1, -0.05) is 50.6 Å². The van der Waals surface area contributed by atoms with E-state index in [-0.39, 0.29) is 0 Å². The number of nitrogens with one attached hydrogen (secondary N) is 1. The molecule has 15 heavy (non-hydrogen) atoms. The van der Waals surface area contributed by atoms with Crippen LogP contribution in [0.3, 0.4) is 0 Å². The second kappa shape index (κ2) is 6.62. The molecule has 0 aliphatic heterocycles. The minimum Gasteiger partial charge on any atom is -0.317 e. The molecule has 2 unspecified atom stereocenters. The largest absolute Gasteiger partial charge is 0.317 e. The Balaban J connectivity index is 2.47. The lowest BCUT2D eigenvalue weighted by atomic mass is 9.95. The Bertz CT molecular complexity index is 255. The zero-order valence-corrected chi connectivity index (χ0v) is 10.2. The Hall–Kier alpha value is -0.820. The smallest absolute Gasteiger partial charge is 0.0107 e. The van der Waals surface area contributed by atoms with Crippen LogP contribution in [0.1, 0.15) is 32.3 Å². The summed E-state index contributed by atoms with van der Waals surface area (Å²) < 4.78 is 0. The van der Waals surface area contributed by atoms with E-state index in [9.17, 15) is 0 Å². The van der Waals surface area contributed by atoms with Gasteiger partial charge in [0.2, 0.25) is 0 Å². The average molecular weight is 205 g/mol. The van der Waals surface area contributed by atoms with Gasteiger partial charge < -0.3 is 5.32 Å². The van der Waals surface area contributed by atoms with Crippen molar-refractivity contribution in [2.24, 2.45) is 5.92 Å². The first kappa shape index (κ1) is 12.3. The third-order valence-electron chi connectivity index (χ3n) is 3.12. The summed E-state index contributed by atoms with van der Waals surface area (Å²) in [5.41, 5.74) is 1.43. The van der Waals surface area contributed by atoms with Crippen molar-refractivity contribution in [3.63, 3.8) is 0 Å². The molecule has 1 aromatic rings. The fourth-order valence-electron chi connectivity index (χ4n) is 1.85. The van der Waals surface area contributed by atoms with Gasteiger partial charge in [0.15, 0.2) is 0 Å². The number of hydrogen-bond acceptors (Lipinski definition) is 1. The minimum atomic E-state index is 0.613. The number of hydrogen-bond donors (Lipinski definition) is 1. The summed E-state index contributed by atoms with van der Waals surface area (Å²) >= 11 is 0. The molecule has 0 radical (unpaired) electrons. The Morgan fingerprint density at radius 2 is 1.87 bits per heavy atom. The first-order valence-electron chi connectivity index (χ1n) is 5.97. The van der Waals surface area contributed by atoms with E-state index in [4.69, 9.17) is 0 Å².